The highest BCUT2D eigenvalue weighted by atomic mass is 19.1. The molecule has 1 aliphatic rings. The van der Waals surface area contributed by atoms with Crippen LogP contribution in [0, 0.1) is 33.5 Å². The van der Waals surface area contributed by atoms with Crippen molar-refractivity contribution in [2.45, 2.75) is 40.8 Å². The van der Waals surface area contributed by atoms with E-state index in [0.29, 0.717) is 58.9 Å². The van der Waals surface area contributed by atoms with Crippen LogP contribution in [0.3, 0.4) is 0 Å². The molecule has 0 spiro atoms. The van der Waals surface area contributed by atoms with Crippen molar-refractivity contribution in [3.8, 4) is 11.4 Å². The summed E-state index contributed by atoms with van der Waals surface area (Å²) in [5, 5.41) is 4.28. The molecule has 3 aromatic heterocycles. The summed E-state index contributed by atoms with van der Waals surface area (Å²) < 4.78 is 23.4. The van der Waals surface area contributed by atoms with Crippen molar-refractivity contribution in [1.29, 1.82) is 0 Å². The first-order valence-corrected chi connectivity index (χ1v) is 11.0. The maximum Gasteiger partial charge on any atom is 0.260 e. The number of fused-ring (bicyclic) bond motifs is 2. The Morgan fingerprint density at radius 1 is 1.15 bits per heavy atom. The van der Waals surface area contributed by atoms with E-state index in [1.807, 2.05) is 24.6 Å². The summed E-state index contributed by atoms with van der Waals surface area (Å²) in [5.41, 5.74) is 12.0. The fourth-order valence-electron chi connectivity index (χ4n) is 4.72. The summed E-state index contributed by atoms with van der Waals surface area (Å²) in [5.74, 6) is -0.356. The van der Waals surface area contributed by atoms with Crippen molar-refractivity contribution in [3.63, 3.8) is 0 Å². The molecule has 0 saturated heterocycles. The molecule has 0 bridgehead atoms. The minimum atomic E-state index is -0.462. The number of aryl methyl sites for hydroxylation is 3. The Balaban J connectivity index is 1.76. The van der Waals surface area contributed by atoms with Gasteiger partial charge in [-0.15, -0.1) is 0 Å². The van der Waals surface area contributed by atoms with Gasteiger partial charge in [-0.05, 0) is 45.4 Å². The fraction of sp³-hybridized carbons (Fsp3) is 0.333. The molecule has 1 aliphatic heterocycles. The van der Waals surface area contributed by atoms with Gasteiger partial charge in [0, 0.05) is 18.3 Å². The van der Waals surface area contributed by atoms with E-state index in [1.165, 1.54) is 13.2 Å². The second-order valence-corrected chi connectivity index (χ2v) is 8.62. The van der Waals surface area contributed by atoms with E-state index in [2.05, 4.69) is 5.10 Å². The zero-order valence-corrected chi connectivity index (χ0v) is 19.8. The fourth-order valence-corrected chi connectivity index (χ4v) is 4.72. The lowest BCUT2D eigenvalue weighted by atomic mass is 10.1. The van der Waals surface area contributed by atoms with E-state index in [0.717, 1.165) is 11.4 Å². The lowest BCUT2D eigenvalue weighted by Gasteiger charge is -2.27. The molecule has 0 aliphatic carbocycles. The molecule has 34 heavy (non-hydrogen) atoms. The number of hydrogen-bond acceptors (Lipinski definition) is 6. The van der Waals surface area contributed by atoms with Crippen molar-refractivity contribution in [3.05, 3.63) is 57.9 Å². The largest absolute Gasteiger partial charge is 0.493 e. The summed E-state index contributed by atoms with van der Waals surface area (Å²) in [6.07, 6.45) is 1.73. The van der Waals surface area contributed by atoms with Crippen LogP contribution in [0.4, 0.5) is 10.2 Å². The Bertz CT molecular complexity index is 1470. The van der Waals surface area contributed by atoms with Crippen LogP contribution in [0.15, 0.2) is 18.3 Å². The third-order valence-electron chi connectivity index (χ3n) is 6.53. The Hall–Kier alpha value is -3.95. The van der Waals surface area contributed by atoms with Crippen LogP contribution in [0.25, 0.3) is 16.9 Å². The number of halogens is 1. The van der Waals surface area contributed by atoms with Crippen molar-refractivity contribution < 1.29 is 13.9 Å². The maximum atomic E-state index is 14.5. The van der Waals surface area contributed by atoms with Crippen molar-refractivity contribution >= 4 is 22.9 Å². The highest BCUT2D eigenvalue weighted by molar-refractivity contribution is 6.10. The first kappa shape index (κ1) is 21.9. The number of hydrogen-bond donors (Lipinski definition) is 1. The zero-order chi connectivity index (χ0) is 24.3. The van der Waals surface area contributed by atoms with Gasteiger partial charge < -0.3 is 15.4 Å². The topological polar surface area (TPSA) is 104 Å². The van der Waals surface area contributed by atoms with Gasteiger partial charge in [-0.2, -0.15) is 5.10 Å². The summed E-state index contributed by atoms with van der Waals surface area (Å²) in [7, 11) is 1.42. The standard InChI is InChI=1S/C24H26FN7O2/c1-12-10-17(25)21(34-5)13(2)20(12)32-22(26)18(19-23(32)29-15(4)14(3)28-19)24(33)30-8-9-31-16(11-30)6-7-27-31/h6-7,10H,8-9,11,26H2,1-5H3. The van der Waals surface area contributed by atoms with Crippen LogP contribution in [0.2, 0.25) is 0 Å². The van der Waals surface area contributed by atoms with E-state index >= 15 is 0 Å². The van der Waals surface area contributed by atoms with Gasteiger partial charge in [0.1, 0.15) is 16.9 Å². The third-order valence-corrected chi connectivity index (χ3v) is 6.53. The van der Waals surface area contributed by atoms with E-state index in [4.69, 9.17) is 20.4 Å². The predicted molar refractivity (Wildman–Crippen MR) is 126 cm³/mol. The normalized spacial score (nSPS) is 13.4. The predicted octanol–water partition coefficient (Wildman–Crippen LogP) is 3.24. The number of nitrogens with zero attached hydrogens (tertiary/aromatic N) is 6. The monoisotopic (exact) mass is 463 g/mol. The van der Waals surface area contributed by atoms with Crippen LogP contribution in [-0.2, 0) is 13.1 Å². The molecule has 2 N–H and O–H groups in total. The number of rotatable bonds is 3. The second-order valence-electron chi connectivity index (χ2n) is 8.62. The van der Waals surface area contributed by atoms with Crippen LogP contribution < -0.4 is 10.5 Å². The highest BCUT2D eigenvalue weighted by Gasteiger charge is 2.31. The number of aromatic nitrogens is 5. The lowest BCUT2D eigenvalue weighted by molar-refractivity contribution is 0.0709. The van der Waals surface area contributed by atoms with Gasteiger partial charge >= 0.3 is 0 Å². The molecule has 0 saturated carbocycles. The molecule has 5 rings (SSSR count). The van der Waals surface area contributed by atoms with Gasteiger partial charge in [-0.3, -0.25) is 14.0 Å². The molecule has 0 radical (unpaired) electrons. The Morgan fingerprint density at radius 2 is 1.88 bits per heavy atom. The lowest BCUT2D eigenvalue weighted by Crippen LogP contribution is -2.38. The van der Waals surface area contributed by atoms with Crippen molar-refractivity contribution in [2.75, 3.05) is 19.4 Å². The van der Waals surface area contributed by atoms with E-state index < -0.39 is 5.82 Å². The zero-order valence-electron chi connectivity index (χ0n) is 19.8. The quantitative estimate of drug-likeness (QED) is 0.500. The van der Waals surface area contributed by atoms with Crippen molar-refractivity contribution in [1.82, 2.24) is 29.2 Å². The smallest absolute Gasteiger partial charge is 0.260 e. The Morgan fingerprint density at radius 3 is 2.62 bits per heavy atom. The van der Waals surface area contributed by atoms with Gasteiger partial charge in [0.2, 0.25) is 0 Å². The molecule has 0 fully saturated rings. The molecule has 1 amide bonds. The van der Waals surface area contributed by atoms with Crippen LogP contribution in [-0.4, -0.2) is 48.8 Å². The summed E-state index contributed by atoms with van der Waals surface area (Å²) in [6.45, 7) is 8.78. The number of nitrogen functional groups attached to an aromatic ring is 1. The number of carbonyl (C=O) groups excluding carboxylic acids is 1. The minimum absolute atomic E-state index is 0.121. The molecule has 0 unspecified atom stereocenters. The van der Waals surface area contributed by atoms with E-state index in [-0.39, 0.29) is 17.5 Å². The number of nitrogens with two attached hydrogens (primary N) is 1. The number of anilines is 1. The van der Waals surface area contributed by atoms with Gasteiger partial charge in [0.05, 0.1) is 43.0 Å². The number of ether oxygens (including phenoxy) is 1. The van der Waals surface area contributed by atoms with Crippen LogP contribution >= 0.6 is 0 Å². The average Bonchev–Trinajstić information content (AvgIpc) is 3.36. The minimum Gasteiger partial charge on any atom is -0.493 e. The molecule has 4 aromatic rings. The molecule has 10 heteroatoms. The van der Waals surface area contributed by atoms with Crippen LogP contribution in [0.5, 0.6) is 5.75 Å². The Kier molecular flexibility index (Phi) is 5.03. The first-order chi connectivity index (χ1) is 16.2. The van der Waals surface area contributed by atoms with E-state index in [9.17, 15) is 9.18 Å². The third kappa shape index (κ3) is 3.12. The van der Waals surface area contributed by atoms with Gasteiger partial charge in [-0.25, -0.2) is 14.4 Å². The summed E-state index contributed by atoms with van der Waals surface area (Å²) in [6, 6.07) is 3.30. The Labute approximate surface area is 196 Å². The van der Waals surface area contributed by atoms with Gasteiger partial charge in [-0.1, -0.05) is 0 Å². The number of methoxy groups -OCH3 is 1. The van der Waals surface area contributed by atoms with Gasteiger partial charge in [0.25, 0.3) is 5.91 Å². The molecule has 0 atom stereocenters. The highest BCUT2D eigenvalue weighted by Crippen LogP contribution is 2.37. The number of amides is 1. The second kappa shape index (κ2) is 7.82. The van der Waals surface area contributed by atoms with Crippen molar-refractivity contribution in [2.24, 2.45) is 0 Å². The van der Waals surface area contributed by atoms with E-state index in [1.54, 1.807) is 29.5 Å². The molecule has 9 nitrogen and oxygen atoms in total. The van der Waals surface area contributed by atoms with Gasteiger partial charge in [0.15, 0.2) is 17.2 Å². The SMILES string of the molecule is COc1c(F)cc(C)c(-n2c(N)c(C(=O)N3CCn4nccc4C3)c3nc(C)c(C)nc32)c1C. The number of benzene rings is 1. The molecular formula is C24H26FN7O2. The molecule has 1 aromatic carbocycles. The molecule has 176 valence electrons. The maximum absolute atomic E-state index is 14.5. The summed E-state index contributed by atoms with van der Waals surface area (Å²) >= 11 is 0. The summed E-state index contributed by atoms with van der Waals surface area (Å²) in [4.78, 5) is 25.0. The molecule has 4 heterocycles. The average molecular weight is 464 g/mol. The van der Waals surface area contributed by atoms with Crippen LogP contribution in [0.1, 0.15) is 38.6 Å². The number of carbonyl (C=O) groups is 1. The first-order valence-electron chi connectivity index (χ1n) is 11.0. The molecular weight excluding hydrogens is 437 g/mol.